The first-order valence-electron chi connectivity index (χ1n) is 8.10. The Morgan fingerprint density at radius 3 is 2.54 bits per heavy atom. The Morgan fingerprint density at radius 2 is 2.00 bits per heavy atom. The van der Waals surface area contributed by atoms with E-state index < -0.39 is 17.6 Å². The van der Waals surface area contributed by atoms with Gasteiger partial charge in [0.25, 0.3) is 5.91 Å². The lowest BCUT2D eigenvalue weighted by molar-refractivity contribution is 0.00649. The highest BCUT2D eigenvalue weighted by Gasteiger charge is 2.32. The van der Waals surface area contributed by atoms with Crippen LogP contribution < -0.4 is 5.32 Å². The molecule has 0 fully saturated rings. The summed E-state index contributed by atoms with van der Waals surface area (Å²) in [5, 5.41) is 11.8. The number of hydrogen-bond donors (Lipinski definition) is 2. The molecule has 1 aromatic carbocycles. The van der Waals surface area contributed by atoms with Crippen LogP contribution in [0.2, 0.25) is 0 Å². The Balaban J connectivity index is 1.78. The van der Waals surface area contributed by atoms with Gasteiger partial charge >= 0.3 is 5.97 Å². The standard InChI is InChI=1S/C20H19NO5/c1-13-16(12-17(26-13)19(23)24)18(22)21-20(25-2)10-8-15(9-11-20)14-6-4-3-5-7-14/h3-10,12H,11H2,1-2H3,(H,21,22)(H,23,24). The molecule has 134 valence electrons. The molecule has 26 heavy (non-hydrogen) atoms. The SMILES string of the molecule is COC1(NC(=O)c2cc(C(=O)O)oc2C)C=CC(c2ccccc2)=CC1. The van der Waals surface area contributed by atoms with Crippen molar-refractivity contribution in [1.82, 2.24) is 5.32 Å². The van der Waals surface area contributed by atoms with Gasteiger partial charge in [-0.05, 0) is 24.1 Å². The van der Waals surface area contributed by atoms with Crippen molar-refractivity contribution in [3.63, 3.8) is 0 Å². The number of aryl methyl sites for hydroxylation is 1. The van der Waals surface area contributed by atoms with Gasteiger partial charge < -0.3 is 19.6 Å². The van der Waals surface area contributed by atoms with Crippen molar-refractivity contribution in [2.75, 3.05) is 7.11 Å². The van der Waals surface area contributed by atoms with Gasteiger partial charge in [-0.1, -0.05) is 42.5 Å². The van der Waals surface area contributed by atoms with Crippen LogP contribution in [-0.2, 0) is 4.74 Å². The molecule has 1 atom stereocenters. The summed E-state index contributed by atoms with van der Waals surface area (Å²) in [6.45, 7) is 1.55. The van der Waals surface area contributed by atoms with Gasteiger partial charge in [-0.3, -0.25) is 4.79 Å². The zero-order chi connectivity index (χ0) is 18.7. The first kappa shape index (κ1) is 17.7. The van der Waals surface area contributed by atoms with Crippen LogP contribution >= 0.6 is 0 Å². The van der Waals surface area contributed by atoms with Gasteiger partial charge in [0, 0.05) is 19.6 Å². The third-order valence-electron chi connectivity index (χ3n) is 4.33. The van der Waals surface area contributed by atoms with E-state index in [4.69, 9.17) is 14.3 Å². The molecule has 6 nitrogen and oxygen atoms in total. The number of carboxylic acid groups (broad SMARTS) is 1. The number of carboxylic acids is 1. The molecule has 0 saturated carbocycles. The second kappa shape index (κ2) is 7.01. The monoisotopic (exact) mass is 353 g/mol. The van der Waals surface area contributed by atoms with Crippen LogP contribution in [0.4, 0.5) is 0 Å². The highest BCUT2D eigenvalue weighted by atomic mass is 16.5. The van der Waals surface area contributed by atoms with E-state index in [1.807, 2.05) is 42.5 Å². The first-order valence-corrected chi connectivity index (χ1v) is 8.10. The number of aromatic carboxylic acids is 1. The first-order chi connectivity index (χ1) is 12.4. The van der Waals surface area contributed by atoms with Gasteiger partial charge in [0.15, 0.2) is 5.72 Å². The van der Waals surface area contributed by atoms with Crippen molar-refractivity contribution >= 4 is 17.4 Å². The van der Waals surface area contributed by atoms with Crippen LogP contribution in [0.25, 0.3) is 5.57 Å². The molecule has 0 radical (unpaired) electrons. The Morgan fingerprint density at radius 1 is 1.27 bits per heavy atom. The number of carbonyl (C=O) groups excluding carboxylic acids is 1. The van der Waals surface area contributed by atoms with Crippen molar-refractivity contribution in [1.29, 1.82) is 0 Å². The average Bonchev–Trinajstić information content (AvgIpc) is 3.05. The Kier molecular flexibility index (Phi) is 4.77. The molecule has 1 unspecified atom stereocenters. The molecule has 1 aromatic heterocycles. The van der Waals surface area contributed by atoms with Crippen molar-refractivity contribution in [3.8, 4) is 0 Å². The van der Waals surface area contributed by atoms with Crippen molar-refractivity contribution < 1.29 is 23.8 Å². The van der Waals surface area contributed by atoms with Gasteiger partial charge in [-0.25, -0.2) is 4.79 Å². The minimum atomic E-state index is -1.22. The summed E-state index contributed by atoms with van der Waals surface area (Å²) in [5.41, 5.74) is 1.30. The van der Waals surface area contributed by atoms with Gasteiger partial charge in [-0.15, -0.1) is 0 Å². The molecular weight excluding hydrogens is 334 g/mol. The molecule has 1 aliphatic rings. The highest BCUT2D eigenvalue weighted by Crippen LogP contribution is 2.28. The fraction of sp³-hybridized carbons (Fsp3) is 0.200. The maximum Gasteiger partial charge on any atom is 0.371 e. The van der Waals surface area contributed by atoms with E-state index >= 15 is 0 Å². The molecule has 0 aliphatic heterocycles. The molecular formula is C20H19NO5. The predicted molar refractivity (Wildman–Crippen MR) is 95.8 cm³/mol. The maximum atomic E-state index is 12.6. The van der Waals surface area contributed by atoms with E-state index in [0.29, 0.717) is 6.42 Å². The molecule has 2 aromatic rings. The lowest BCUT2D eigenvalue weighted by atomic mass is 9.94. The number of rotatable bonds is 5. The number of benzene rings is 1. The molecule has 0 spiro atoms. The fourth-order valence-corrected chi connectivity index (χ4v) is 2.83. The minimum Gasteiger partial charge on any atom is -0.475 e. The Hall–Kier alpha value is -3.12. The van der Waals surface area contributed by atoms with Gasteiger partial charge in [0.05, 0.1) is 5.56 Å². The largest absolute Gasteiger partial charge is 0.475 e. The number of furan rings is 1. The summed E-state index contributed by atoms with van der Waals surface area (Å²) in [4.78, 5) is 23.6. The minimum absolute atomic E-state index is 0.171. The smallest absolute Gasteiger partial charge is 0.371 e. The lowest BCUT2D eigenvalue weighted by Gasteiger charge is -2.32. The van der Waals surface area contributed by atoms with Crippen LogP contribution in [0.5, 0.6) is 0 Å². The Labute approximate surface area is 150 Å². The molecule has 0 bridgehead atoms. The second-order valence-electron chi connectivity index (χ2n) is 6.00. The van der Waals surface area contributed by atoms with E-state index in [1.54, 1.807) is 13.0 Å². The lowest BCUT2D eigenvalue weighted by Crippen LogP contribution is -2.49. The van der Waals surface area contributed by atoms with Crippen LogP contribution in [0, 0.1) is 6.92 Å². The summed E-state index contributed by atoms with van der Waals surface area (Å²) in [7, 11) is 1.51. The number of allylic oxidation sites excluding steroid dienone is 2. The normalized spacial score (nSPS) is 19.1. The number of nitrogens with one attached hydrogen (secondary N) is 1. The van der Waals surface area contributed by atoms with Crippen LogP contribution in [-0.4, -0.2) is 29.8 Å². The molecule has 3 rings (SSSR count). The zero-order valence-electron chi connectivity index (χ0n) is 14.5. The molecule has 6 heteroatoms. The molecule has 1 aliphatic carbocycles. The number of ether oxygens (including phenoxy) is 1. The maximum absolute atomic E-state index is 12.6. The predicted octanol–water partition coefficient (Wildman–Crippen LogP) is 3.40. The number of hydrogen-bond acceptors (Lipinski definition) is 4. The van der Waals surface area contributed by atoms with Crippen molar-refractivity contribution in [2.24, 2.45) is 0 Å². The van der Waals surface area contributed by atoms with E-state index in [0.717, 1.165) is 11.1 Å². The second-order valence-corrected chi connectivity index (χ2v) is 6.00. The number of amides is 1. The fourth-order valence-electron chi connectivity index (χ4n) is 2.83. The van der Waals surface area contributed by atoms with E-state index in [1.165, 1.54) is 13.2 Å². The number of methoxy groups -OCH3 is 1. The summed E-state index contributed by atoms with van der Waals surface area (Å²) in [5.74, 6) is -1.71. The van der Waals surface area contributed by atoms with Gasteiger partial charge in [-0.2, -0.15) is 0 Å². The zero-order valence-corrected chi connectivity index (χ0v) is 14.5. The third-order valence-corrected chi connectivity index (χ3v) is 4.33. The van der Waals surface area contributed by atoms with E-state index in [2.05, 4.69) is 5.32 Å². The number of carbonyl (C=O) groups is 2. The molecule has 1 heterocycles. The average molecular weight is 353 g/mol. The van der Waals surface area contributed by atoms with Crippen LogP contribution in [0.1, 0.15) is 38.7 Å². The van der Waals surface area contributed by atoms with Crippen LogP contribution in [0.3, 0.4) is 0 Å². The third kappa shape index (κ3) is 3.45. The topological polar surface area (TPSA) is 88.8 Å². The highest BCUT2D eigenvalue weighted by molar-refractivity contribution is 5.98. The van der Waals surface area contributed by atoms with Crippen molar-refractivity contribution in [2.45, 2.75) is 19.1 Å². The van der Waals surface area contributed by atoms with Gasteiger partial charge in [0.2, 0.25) is 5.76 Å². The summed E-state index contributed by atoms with van der Waals surface area (Å²) < 4.78 is 10.6. The summed E-state index contributed by atoms with van der Waals surface area (Å²) in [6.07, 6.45) is 6.12. The van der Waals surface area contributed by atoms with Gasteiger partial charge in [0.1, 0.15) is 5.76 Å². The van der Waals surface area contributed by atoms with E-state index in [-0.39, 0.29) is 17.1 Å². The molecule has 2 N–H and O–H groups in total. The quantitative estimate of drug-likeness (QED) is 0.804. The molecule has 1 amide bonds. The van der Waals surface area contributed by atoms with Crippen molar-refractivity contribution in [3.05, 3.63) is 77.3 Å². The van der Waals surface area contributed by atoms with E-state index in [9.17, 15) is 9.59 Å². The Bertz CT molecular complexity index is 894. The summed E-state index contributed by atoms with van der Waals surface area (Å²) >= 11 is 0. The summed E-state index contributed by atoms with van der Waals surface area (Å²) in [6, 6.07) is 11.1. The molecule has 0 saturated heterocycles. The van der Waals surface area contributed by atoms with Crippen LogP contribution in [0.15, 0.2) is 59.0 Å².